The van der Waals surface area contributed by atoms with Crippen LogP contribution in [-0.2, 0) is 27.8 Å². The Balaban J connectivity index is 1.67. The fraction of sp³-hybridized carbons (Fsp3) is 0.250. The number of anilines is 2. The second-order valence-corrected chi connectivity index (χ2v) is 9.10. The van der Waals surface area contributed by atoms with E-state index in [0.29, 0.717) is 23.7 Å². The van der Waals surface area contributed by atoms with Gasteiger partial charge in [0.2, 0.25) is 5.89 Å². The number of halogens is 2. The number of nitrogens with zero attached hydrogens (tertiary/aromatic N) is 3. The fourth-order valence-electron chi connectivity index (χ4n) is 3.16. The molecule has 0 atom stereocenters. The molecule has 9 nitrogen and oxygen atoms in total. The molecule has 1 aliphatic rings. The van der Waals surface area contributed by atoms with E-state index in [0.717, 1.165) is 6.07 Å². The van der Waals surface area contributed by atoms with Crippen LogP contribution in [0, 0.1) is 12.7 Å². The highest BCUT2D eigenvalue weighted by Crippen LogP contribution is 2.39. The average molecular weight is 481 g/mol. The van der Waals surface area contributed by atoms with E-state index in [1.54, 1.807) is 6.92 Å². The van der Waals surface area contributed by atoms with Gasteiger partial charge in [-0.1, -0.05) is 23.7 Å². The van der Waals surface area contributed by atoms with Crippen molar-refractivity contribution in [3.05, 3.63) is 58.5 Å². The zero-order valence-corrected chi connectivity index (χ0v) is 18.6. The van der Waals surface area contributed by atoms with Gasteiger partial charge in [0.1, 0.15) is 16.5 Å². The lowest BCUT2D eigenvalue weighted by atomic mass is 10.2. The molecule has 1 aliphatic heterocycles. The van der Waals surface area contributed by atoms with E-state index in [2.05, 4.69) is 14.9 Å². The maximum atomic E-state index is 13.3. The minimum Gasteiger partial charge on any atom is -0.482 e. The van der Waals surface area contributed by atoms with Gasteiger partial charge in [-0.05, 0) is 36.8 Å². The Morgan fingerprint density at radius 2 is 2.06 bits per heavy atom. The predicted molar refractivity (Wildman–Crippen MR) is 114 cm³/mol. The van der Waals surface area contributed by atoms with Crippen LogP contribution in [0.5, 0.6) is 5.75 Å². The lowest BCUT2D eigenvalue weighted by Crippen LogP contribution is -2.38. The molecule has 2 heterocycles. The van der Waals surface area contributed by atoms with Crippen LogP contribution in [0.3, 0.4) is 0 Å². The van der Waals surface area contributed by atoms with E-state index in [-0.39, 0.29) is 46.1 Å². The minimum atomic E-state index is -4.13. The van der Waals surface area contributed by atoms with Gasteiger partial charge in [0, 0.05) is 12.5 Å². The van der Waals surface area contributed by atoms with Crippen molar-refractivity contribution in [3.8, 4) is 5.75 Å². The smallest absolute Gasteiger partial charge is 0.265 e. The Hall–Kier alpha value is -3.18. The Morgan fingerprint density at radius 3 is 2.75 bits per heavy atom. The number of fused-ring (bicyclic) bond motifs is 1. The number of amides is 1. The summed E-state index contributed by atoms with van der Waals surface area (Å²) in [7, 11) is -4.13. The topological polar surface area (TPSA) is 115 Å². The highest BCUT2D eigenvalue weighted by atomic mass is 35.5. The first-order valence-corrected chi connectivity index (χ1v) is 11.4. The maximum Gasteiger partial charge on any atom is 0.265 e. The van der Waals surface area contributed by atoms with Crippen LogP contribution in [0.15, 0.2) is 39.8 Å². The first kappa shape index (κ1) is 22.0. The van der Waals surface area contributed by atoms with E-state index in [1.807, 2.05) is 6.92 Å². The molecule has 0 spiro atoms. The van der Waals surface area contributed by atoms with Gasteiger partial charge in [-0.3, -0.25) is 14.4 Å². The number of carbonyl (C=O) groups excluding carboxylic acids is 1. The van der Waals surface area contributed by atoms with Crippen LogP contribution in [-0.4, -0.2) is 31.1 Å². The normalized spacial score (nSPS) is 13.6. The van der Waals surface area contributed by atoms with Crippen molar-refractivity contribution in [1.29, 1.82) is 0 Å². The SMILES string of the molecule is CCc1nc(CN2C(=O)COc3cc(S(=O)(=O)Nc4ccc(F)cc4C)c(Cl)cc32)no1. The van der Waals surface area contributed by atoms with Crippen LogP contribution in [0.2, 0.25) is 5.02 Å². The summed E-state index contributed by atoms with van der Waals surface area (Å²) in [6, 6.07) is 6.25. The molecule has 32 heavy (non-hydrogen) atoms. The van der Waals surface area contributed by atoms with E-state index < -0.39 is 15.8 Å². The van der Waals surface area contributed by atoms with Gasteiger partial charge in [0.15, 0.2) is 12.4 Å². The Kier molecular flexibility index (Phi) is 5.78. The predicted octanol–water partition coefficient (Wildman–Crippen LogP) is 3.46. The monoisotopic (exact) mass is 480 g/mol. The molecule has 0 bridgehead atoms. The van der Waals surface area contributed by atoms with Crippen LogP contribution < -0.4 is 14.4 Å². The third-order valence-corrected chi connectivity index (χ3v) is 6.62. The Morgan fingerprint density at radius 1 is 1.28 bits per heavy atom. The quantitative estimate of drug-likeness (QED) is 0.574. The van der Waals surface area contributed by atoms with Gasteiger partial charge in [0.05, 0.1) is 22.9 Å². The molecule has 4 rings (SSSR count). The van der Waals surface area contributed by atoms with Gasteiger partial charge < -0.3 is 9.26 Å². The van der Waals surface area contributed by atoms with Crippen molar-refractivity contribution in [3.63, 3.8) is 0 Å². The molecule has 0 saturated heterocycles. The molecule has 2 aromatic carbocycles. The zero-order valence-electron chi connectivity index (χ0n) is 17.1. The summed E-state index contributed by atoms with van der Waals surface area (Å²) in [5.74, 6) is 0.0338. The molecule has 0 fully saturated rings. The molecule has 0 radical (unpaired) electrons. The molecule has 1 aromatic heterocycles. The number of benzene rings is 2. The summed E-state index contributed by atoms with van der Waals surface area (Å²) in [6.45, 7) is 3.14. The van der Waals surface area contributed by atoms with Crippen molar-refractivity contribution >= 4 is 38.9 Å². The molecule has 0 aliphatic carbocycles. The molecule has 1 amide bonds. The summed E-state index contributed by atoms with van der Waals surface area (Å²) in [5.41, 5.74) is 0.898. The molecule has 0 saturated carbocycles. The number of rotatable bonds is 6. The highest BCUT2D eigenvalue weighted by Gasteiger charge is 2.31. The Labute approximate surface area is 188 Å². The number of sulfonamides is 1. The summed E-state index contributed by atoms with van der Waals surface area (Å²) >= 11 is 6.30. The lowest BCUT2D eigenvalue weighted by molar-refractivity contribution is -0.121. The number of aromatic nitrogens is 2. The molecule has 12 heteroatoms. The second-order valence-electron chi connectivity index (χ2n) is 7.04. The number of hydrogen-bond acceptors (Lipinski definition) is 7. The Bertz CT molecular complexity index is 1310. The minimum absolute atomic E-state index is 0.00808. The summed E-state index contributed by atoms with van der Waals surface area (Å²) < 4.78 is 52.2. The van der Waals surface area contributed by atoms with E-state index in [9.17, 15) is 17.6 Å². The van der Waals surface area contributed by atoms with Gasteiger partial charge >= 0.3 is 0 Å². The fourth-order valence-corrected chi connectivity index (χ4v) is 4.83. The van der Waals surface area contributed by atoms with Crippen LogP contribution in [0.25, 0.3) is 0 Å². The summed E-state index contributed by atoms with van der Waals surface area (Å²) in [6.07, 6.45) is 0.550. The van der Waals surface area contributed by atoms with E-state index in [4.69, 9.17) is 20.9 Å². The number of nitrogens with one attached hydrogen (secondary N) is 1. The molecular formula is C20H18ClFN4O5S. The summed E-state index contributed by atoms with van der Waals surface area (Å²) in [4.78, 5) is 17.7. The van der Waals surface area contributed by atoms with E-state index >= 15 is 0 Å². The molecule has 1 N–H and O–H groups in total. The third-order valence-electron chi connectivity index (χ3n) is 4.79. The van der Waals surface area contributed by atoms with Crippen molar-refractivity contribution in [2.24, 2.45) is 0 Å². The molecule has 3 aromatic rings. The number of hydrogen-bond donors (Lipinski definition) is 1. The average Bonchev–Trinajstić information content (AvgIpc) is 3.20. The van der Waals surface area contributed by atoms with Gasteiger partial charge in [-0.25, -0.2) is 12.8 Å². The summed E-state index contributed by atoms with van der Waals surface area (Å²) in [5, 5.41) is 3.72. The lowest BCUT2D eigenvalue weighted by Gasteiger charge is -2.29. The van der Waals surface area contributed by atoms with Gasteiger partial charge in [-0.2, -0.15) is 4.98 Å². The number of ether oxygens (including phenoxy) is 1. The third kappa shape index (κ3) is 4.26. The van der Waals surface area contributed by atoms with Crippen molar-refractivity contribution in [2.45, 2.75) is 31.7 Å². The van der Waals surface area contributed by atoms with Gasteiger partial charge in [-0.15, -0.1) is 0 Å². The largest absolute Gasteiger partial charge is 0.482 e. The van der Waals surface area contributed by atoms with Crippen molar-refractivity contribution < 1.29 is 26.9 Å². The van der Waals surface area contributed by atoms with Crippen molar-refractivity contribution in [1.82, 2.24) is 10.1 Å². The molecule has 168 valence electrons. The number of carbonyl (C=O) groups is 1. The van der Waals surface area contributed by atoms with E-state index in [1.165, 1.54) is 29.2 Å². The zero-order chi connectivity index (χ0) is 23.0. The van der Waals surface area contributed by atoms with Gasteiger partial charge in [0.25, 0.3) is 15.9 Å². The molecular weight excluding hydrogens is 463 g/mol. The maximum absolute atomic E-state index is 13.3. The highest BCUT2D eigenvalue weighted by molar-refractivity contribution is 7.92. The van der Waals surface area contributed by atoms with Crippen molar-refractivity contribution in [2.75, 3.05) is 16.2 Å². The molecule has 0 unspecified atom stereocenters. The number of aryl methyl sites for hydroxylation is 2. The first-order chi connectivity index (χ1) is 15.2. The van der Waals surface area contributed by atoms with Crippen LogP contribution >= 0.6 is 11.6 Å². The standard InChI is InChI=1S/C20H18ClFN4O5S/c1-3-19-23-18(24-31-19)9-26-15-7-13(21)17(8-16(15)30-10-20(26)27)32(28,29)25-14-5-4-12(22)6-11(14)2/h4-8,25H,3,9-10H2,1-2H3. The van der Waals surface area contributed by atoms with Crippen LogP contribution in [0.4, 0.5) is 15.8 Å². The van der Waals surface area contributed by atoms with Crippen LogP contribution in [0.1, 0.15) is 24.2 Å². The second kappa shape index (κ2) is 8.40. The first-order valence-electron chi connectivity index (χ1n) is 9.55.